The molecule has 0 bridgehead atoms. The third kappa shape index (κ3) is 4.03. The summed E-state index contributed by atoms with van der Waals surface area (Å²) >= 11 is 0. The molecule has 1 N–H and O–H groups in total. The Morgan fingerprint density at radius 3 is 2.48 bits per heavy atom. The molecule has 0 amide bonds. The Balaban J connectivity index is 1.87. The van der Waals surface area contributed by atoms with Gasteiger partial charge in [-0.3, -0.25) is 0 Å². The molecule has 1 saturated carbocycles. The predicted octanol–water partition coefficient (Wildman–Crippen LogP) is 1.37. The first-order valence-electron chi connectivity index (χ1n) is 7.12. The van der Waals surface area contributed by atoms with Crippen molar-refractivity contribution in [1.29, 1.82) is 0 Å². The number of sulfone groups is 1. The zero-order valence-corrected chi connectivity index (χ0v) is 13.5. The molecule has 2 rings (SSSR count). The van der Waals surface area contributed by atoms with Crippen LogP contribution in [0.3, 0.4) is 0 Å². The molecule has 6 heteroatoms. The summed E-state index contributed by atoms with van der Waals surface area (Å²) < 4.78 is 33.8. The van der Waals surface area contributed by atoms with Gasteiger partial charge in [0.05, 0.1) is 17.1 Å². The van der Waals surface area contributed by atoms with Crippen molar-refractivity contribution in [2.75, 3.05) is 20.0 Å². The second-order valence-corrected chi connectivity index (χ2v) is 7.35. The number of ether oxygens (including phenoxy) is 2. The Morgan fingerprint density at radius 1 is 1.29 bits per heavy atom. The van der Waals surface area contributed by atoms with Crippen LogP contribution in [0.4, 0.5) is 0 Å². The maximum Gasteiger partial charge on any atom is 0.175 e. The van der Waals surface area contributed by atoms with Crippen molar-refractivity contribution >= 4 is 9.84 Å². The molecule has 1 fully saturated rings. The number of nitrogens with one attached hydrogen (secondary N) is 1. The minimum Gasteiger partial charge on any atom is -0.377 e. The van der Waals surface area contributed by atoms with Gasteiger partial charge in [0.1, 0.15) is 0 Å². The van der Waals surface area contributed by atoms with Crippen LogP contribution in [0, 0.1) is 0 Å². The third-order valence-electron chi connectivity index (χ3n) is 3.82. The Bertz CT molecular complexity index is 556. The molecular formula is C15H23NO4S. The van der Waals surface area contributed by atoms with Gasteiger partial charge in [-0.1, -0.05) is 12.1 Å². The highest BCUT2D eigenvalue weighted by molar-refractivity contribution is 7.90. The smallest absolute Gasteiger partial charge is 0.175 e. The fraction of sp³-hybridized carbons (Fsp3) is 0.600. The fourth-order valence-corrected chi connectivity index (χ4v) is 3.21. The van der Waals surface area contributed by atoms with E-state index in [9.17, 15) is 8.42 Å². The Kier molecular flexibility index (Phi) is 5.37. The summed E-state index contributed by atoms with van der Waals surface area (Å²) in [5.41, 5.74) is 1.05. The van der Waals surface area contributed by atoms with Gasteiger partial charge in [-0.05, 0) is 31.0 Å². The van der Waals surface area contributed by atoms with Crippen molar-refractivity contribution in [2.24, 2.45) is 0 Å². The molecule has 3 unspecified atom stereocenters. The normalized spacial score (nSPS) is 25.6. The van der Waals surface area contributed by atoms with E-state index in [-0.39, 0.29) is 18.2 Å². The maximum absolute atomic E-state index is 11.4. The zero-order valence-electron chi connectivity index (χ0n) is 12.7. The van der Waals surface area contributed by atoms with Crippen LogP contribution in [0.25, 0.3) is 0 Å². The Morgan fingerprint density at radius 2 is 1.95 bits per heavy atom. The lowest BCUT2D eigenvalue weighted by molar-refractivity contribution is -0.131. The van der Waals surface area contributed by atoms with Crippen LogP contribution in [-0.2, 0) is 25.9 Å². The summed E-state index contributed by atoms with van der Waals surface area (Å²) in [6.45, 7) is 3.37. The van der Waals surface area contributed by atoms with E-state index in [2.05, 4.69) is 5.32 Å². The number of hydrogen-bond donors (Lipinski definition) is 1. The van der Waals surface area contributed by atoms with Crippen LogP contribution in [0.5, 0.6) is 0 Å². The standard InChI is InChI=1S/C15H23NO4S/c1-4-20-14-9-13(15(14)19-2)16-10-11-5-7-12(8-6-11)21(3,17)18/h5-8,13-16H,4,9-10H2,1-3H3. The monoisotopic (exact) mass is 313 g/mol. The van der Waals surface area contributed by atoms with Crippen molar-refractivity contribution in [3.8, 4) is 0 Å². The molecule has 0 spiro atoms. The summed E-state index contributed by atoms with van der Waals surface area (Å²) in [5.74, 6) is 0. The molecule has 0 radical (unpaired) electrons. The minimum absolute atomic E-state index is 0.0836. The van der Waals surface area contributed by atoms with E-state index in [0.29, 0.717) is 18.0 Å². The molecule has 0 saturated heterocycles. The van der Waals surface area contributed by atoms with Crippen LogP contribution in [-0.4, -0.2) is 46.6 Å². The van der Waals surface area contributed by atoms with Crippen LogP contribution in [0.1, 0.15) is 18.9 Å². The summed E-state index contributed by atoms with van der Waals surface area (Å²) in [6.07, 6.45) is 2.41. The lowest BCUT2D eigenvalue weighted by atomic mass is 9.85. The van der Waals surface area contributed by atoms with Crippen LogP contribution < -0.4 is 5.32 Å². The van der Waals surface area contributed by atoms with Crippen LogP contribution in [0.2, 0.25) is 0 Å². The number of benzene rings is 1. The molecule has 0 aromatic heterocycles. The van der Waals surface area contributed by atoms with E-state index >= 15 is 0 Å². The van der Waals surface area contributed by atoms with Crippen LogP contribution >= 0.6 is 0 Å². The van der Waals surface area contributed by atoms with E-state index in [4.69, 9.17) is 9.47 Å². The minimum atomic E-state index is -3.13. The molecule has 1 aromatic carbocycles. The van der Waals surface area contributed by atoms with Gasteiger partial charge in [-0.15, -0.1) is 0 Å². The van der Waals surface area contributed by atoms with Gasteiger partial charge in [0.15, 0.2) is 9.84 Å². The van der Waals surface area contributed by atoms with Gasteiger partial charge in [0.25, 0.3) is 0 Å². The largest absolute Gasteiger partial charge is 0.377 e. The summed E-state index contributed by atoms with van der Waals surface area (Å²) in [5, 5.41) is 3.43. The summed E-state index contributed by atoms with van der Waals surface area (Å²) in [4.78, 5) is 0.348. The first kappa shape index (κ1) is 16.4. The molecule has 118 valence electrons. The number of hydrogen-bond acceptors (Lipinski definition) is 5. The first-order chi connectivity index (χ1) is 9.95. The molecule has 1 aromatic rings. The van der Waals surface area contributed by atoms with Gasteiger partial charge < -0.3 is 14.8 Å². The van der Waals surface area contributed by atoms with Gasteiger partial charge in [-0.2, -0.15) is 0 Å². The topological polar surface area (TPSA) is 64.6 Å². The van der Waals surface area contributed by atoms with E-state index in [0.717, 1.165) is 12.0 Å². The van der Waals surface area contributed by atoms with E-state index in [1.54, 1.807) is 19.2 Å². The Hall–Kier alpha value is -0.950. The molecule has 5 nitrogen and oxygen atoms in total. The third-order valence-corrected chi connectivity index (χ3v) is 4.95. The SMILES string of the molecule is CCOC1CC(NCc2ccc(S(C)(=O)=O)cc2)C1OC. The van der Waals surface area contributed by atoms with Crippen molar-refractivity contribution in [1.82, 2.24) is 5.32 Å². The fourth-order valence-electron chi connectivity index (χ4n) is 2.58. The number of rotatable bonds is 7. The molecule has 1 aliphatic carbocycles. The molecule has 0 heterocycles. The lowest BCUT2D eigenvalue weighted by Crippen LogP contribution is -2.59. The predicted molar refractivity (Wildman–Crippen MR) is 81.0 cm³/mol. The van der Waals surface area contributed by atoms with Crippen molar-refractivity contribution < 1.29 is 17.9 Å². The Labute approximate surface area is 126 Å². The highest BCUT2D eigenvalue weighted by Gasteiger charge is 2.41. The van der Waals surface area contributed by atoms with Crippen molar-refractivity contribution in [3.63, 3.8) is 0 Å². The molecule has 3 atom stereocenters. The highest BCUT2D eigenvalue weighted by atomic mass is 32.2. The quantitative estimate of drug-likeness (QED) is 0.824. The zero-order chi connectivity index (χ0) is 15.5. The van der Waals surface area contributed by atoms with Crippen LogP contribution in [0.15, 0.2) is 29.2 Å². The van der Waals surface area contributed by atoms with Gasteiger partial charge in [-0.25, -0.2) is 8.42 Å². The average Bonchev–Trinajstić information content (AvgIpc) is 2.42. The summed E-state index contributed by atoms with van der Waals surface area (Å²) in [7, 11) is -1.43. The summed E-state index contributed by atoms with van der Waals surface area (Å²) in [6, 6.07) is 7.24. The van der Waals surface area contributed by atoms with Gasteiger partial charge >= 0.3 is 0 Å². The van der Waals surface area contributed by atoms with Gasteiger partial charge in [0.2, 0.25) is 0 Å². The number of methoxy groups -OCH3 is 1. The van der Waals surface area contributed by atoms with E-state index in [1.807, 2.05) is 19.1 Å². The second-order valence-electron chi connectivity index (χ2n) is 5.33. The average molecular weight is 313 g/mol. The molecule has 0 aliphatic heterocycles. The van der Waals surface area contributed by atoms with Crippen molar-refractivity contribution in [3.05, 3.63) is 29.8 Å². The molecule has 21 heavy (non-hydrogen) atoms. The highest BCUT2D eigenvalue weighted by Crippen LogP contribution is 2.27. The second kappa shape index (κ2) is 6.87. The lowest BCUT2D eigenvalue weighted by Gasteiger charge is -2.43. The van der Waals surface area contributed by atoms with E-state index < -0.39 is 9.84 Å². The molecule has 1 aliphatic rings. The first-order valence-corrected chi connectivity index (χ1v) is 9.01. The van der Waals surface area contributed by atoms with E-state index in [1.165, 1.54) is 6.26 Å². The van der Waals surface area contributed by atoms with Gasteiger partial charge in [0, 0.05) is 32.6 Å². The molecular weight excluding hydrogens is 290 g/mol. The van der Waals surface area contributed by atoms with Crippen molar-refractivity contribution in [2.45, 2.75) is 43.0 Å². The maximum atomic E-state index is 11.4.